The zero-order valence-corrected chi connectivity index (χ0v) is 13.5. The van der Waals surface area contributed by atoms with Gasteiger partial charge in [0.25, 0.3) is 5.91 Å². The van der Waals surface area contributed by atoms with Crippen LogP contribution >= 0.6 is 0 Å². The SMILES string of the molecule is CCON1C(=O)c2nnc(Nc3cc(C)nc(C)n3)cc2C1C. The Morgan fingerprint density at radius 1 is 1.22 bits per heavy atom. The van der Waals surface area contributed by atoms with Gasteiger partial charge in [0.15, 0.2) is 11.5 Å². The Balaban J connectivity index is 1.89. The number of rotatable bonds is 4. The number of aromatic nitrogens is 4. The molecule has 3 rings (SSSR count). The van der Waals surface area contributed by atoms with Crippen LogP contribution < -0.4 is 5.32 Å². The second kappa shape index (κ2) is 5.88. The normalized spacial score (nSPS) is 16.6. The highest BCUT2D eigenvalue weighted by atomic mass is 16.7. The Morgan fingerprint density at radius 3 is 2.70 bits per heavy atom. The summed E-state index contributed by atoms with van der Waals surface area (Å²) < 4.78 is 0. The number of amides is 1. The maximum absolute atomic E-state index is 12.2. The summed E-state index contributed by atoms with van der Waals surface area (Å²) in [6.07, 6.45) is 0. The average Bonchev–Trinajstić information content (AvgIpc) is 2.71. The summed E-state index contributed by atoms with van der Waals surface area (Å²) in [5.74, 6) is 1.58. The standard InChI is InChI=1S/C15H18N6O2/c1-5-23-21-9(3)11-7-13(19-20-14(11)15(21)22)18-12-6-8(2)16-10(4)17-12/h6-7,9H,5H2,1-4H3,(H,16,17,18,19). The molecule has 0 saturated carbocycles. The molecule has 23 heavy (non-hydrogen) atoms. The van der Waals surface area contributed by atoms with Gasteiger partial charge in [0, 0.05) is 17.3 Å². The molecule has 1 amide bonds. The first kappa shape index (κ1) is 15.3. The first-order chi connectivity index (χ1) is 11.0. The molecule has 0 radical (unpaired) electrons. The van der Waals surface area contributed by atoms with E-state index in [4.69, 9.17) is 4.84 Å². The third kappa shape index (κ3) is 2.85. The molecule has 0 aromatic carbocycles. The van der Waals surface area contributed by atoms with Crippen molar-refractivity contribution in [3.8, 4) is 0 Å². The van der Waals surface area contributed by atoms with Crippen LogP contribution in [0.1, 0.15) is 47.5 Å². The van der Waals surface area contributed by atoms with Crippen LogP contribution in [0.4, 0.5) is 11.6 Å². The molecule has 120 valence electrons. The van der Waals surface area contributed by atoms with E-state index >= 15 is 0 Å². The van der Waals surface area contributed by atoms with E-state index in [0.29, 0.717) is 29.8 Å². The molecule has 1 aliphatic heterocycles. The lowest BCUT2D eigenvalue weighted by Crippen LogP contribution is -2.27. The van der Waals surface area contributed by atoms with E-state index in [2.05, 4.69) is 25.5 Å². The van der Waals surface area contributed by atoms with Crippen LogP contribution in [-0.2, 0) is 4.84 Å². The summed E-state index contributed by atoms with van der Waals surface area (Å²) in [5.41, 5.74) is 1.97. The quantitative estimate of drug-likeness (QED) is 0.923. The van der Waals surface area contributed by atoms with Crippen molar-refractivity contribution in [2.45, 2.75) is 33.7 Å². The highest BCUT2D eigenvalue weighted by Crippen LogP contribution is 2.33. The Labute approximate surface area is 133 Å². The monoisotopic (exact) mass is 314 g/mol. The lowest BCUT2D eigenvalue weighted by molar-refractivity contribution is -0.136. The van der Waals surface area contributed by atoms with Gasteiger partial charge in [-0.15, -0.1) is 10.2 Å². The van der Waals surface area contributed by atoms with Crippen molar-refractivity contribution in [1.29, 1.82) is 0 Å². The molecule has 1 unspecified atom stereocenters. The van der Waals surface area contributed by atoms with Crippen molar-refractivity contribution in [2.75, 3.05) is 11.9 Å². The summed E-state index contributed by atoms with van der Waals surface area (Å²) in [6.45, 7) is 7.87. The fourth-order valence-electron chi connectivity index (χ4n) is 2.58. The largest absolute Gasteiger partial charge is 0.323 e. The average molecular weight is 314 g/mol. The Bertz CT molecular complexity index is 743. The van der Waals surface area contributed by atoms with Gasteiger partial charge in [-0.1, -0.05) is 0 Å². The van der Waals surface area contributed by atoms with Gasteiger partial charge >= 0.3 is 0 Å². The van der Waals surface area contributed by atoms with Gasteiger partial charge in [0.05, 0.1) is 12.6 Å². The number of carbonyl (C=O) groups is 1. The number of anilines is 2. The van der Waals surface area contributed by atoms with Crippen LogP contribution in [0.15, 0.2) is 12.1 Å². The Kier molecular flexibility index (Phi) is 3.91. The molecule has 1 N–H and O–H groups in total. The van der Waals surface area contributed by atoms with Crippen LogP contribution in [0.3, 0.4) is 0 Å². The second-order valence-corrected chi connectivity index (χ2v) is 5.33. The number of hydroxylamine groups is 2. The first-order valence-electron chi connectivity index (χ1n) is 7.43. The highest BCUT2D eigenvalue weighted by Gasteiger charge is 2.37. The lowest BCUT2D eigenvalue weighted by atomic mass is 10.1. The maximum atomic E-state index is 12.2. The van der Waals surface area contributed by atoms with Crippen LogP contribution in [0, 0.1) is 13.8 Å². The smallest absolute Gasteiger partial charge is 0.298 e. The summed E-state index contributed by atoms with van der Waals surface area (Å²) >= 11 is 0. The van der Waals surface area contributed by atoms with Crippen LogP contribution in [0.25, 0.3) is 0 Å². The molecule has 0 aliphatic carbocycles. The van der Waals surface area contributed by atoms with E-state index in [1.54, 1.807) is 6.07 Å². The van der Waals surface area contributed by atoms with Crippen molar-refractivity contribution < 1.29 is 9.63 Å². The predicted octanol–water partition coefficient (Wildman–Crippen LogP) is 2.10. The summed E-state index contributed by atoms with van der Waals surface area (Å²) in [6, 6.07) is 3.42. The molecular weight excluding hydrogens is 296 g/mol. The van der Waals surface area contributed by atoms with E-state index in [1.165, 1.54) is 5.06 Å². The number of nitrogens with one attached hydrogen (secondary N) is 1. The highest BCUT2D eigenvalue weighted by molar-refractivity contribution is 5.96. The third-order valence-corrected chi connectivity index (χ3v) is 3.52. The molecule has 8 nitrogen and oxygen atoms in total. The van der Waals surface area contributed by atoms with Crippen LogP contribution in [0.5, 0.6) is 0 Å². The molecular formula is C15H18N6O2. The molecule has 1 atom stereocenters. The van der Waals surface area contributed by atoms with Gasteiger partial charge in [0.1, 0.15) is 11.6 Å². The predicted molar refractivity (Wildman–Crippen MR) is 83.0 cm³/mol. The first-order valence-corrected chi connectivity index (χ1v) is 7.43. The molecule has 0 bridgehead atoms. The van der Waals surface area contributed by atoms with Gasteiger partial charge in [-0.3, -0.25) is 9.63 Å². The number of nitrogens with zero attached hydrogens (tertiary/aromatic N) is 5. The number of carbonyl (C=O) groups excluding carboxylic acids is 1. The van der Waals surface area contributed by atoms with Gasteiger partial charge in [-0.25, -0.2) is 15.0 Å². The van der Waals surface area contributed by atoms with Gasteiger partial charge in [0.2, 0.25) is 0 Å². The van der Waals surface area contributed by atoms with E-state index < -0.39 is 0 Å². The Morgan fingerprint density at radius 2 is 2.00 bits per heavy atom. The number of hydrogen-bond acceptors (Lipinski definition) is 7. The van der Waals surface area contributed by atoms with Crippen molar-refractivity contribution in [3.05, 3.63) is 34.9 Å². The molecule has 3 heterocycles. The fourth-order valence-corrected chi connectivity index (χ4v) is 2.58. The lowest BCUT2D eigenvalue weighted by Gasteiger charge is -2.19. The minimum absolute atomic E-state index is 0.206. The fraction of sp³-hybridized carbons (Fsp3) is 0.400. The zero-order valence-electron chi connectivity index (χ0n) is 13.5. The van der Waals surface area contributed by atoms with E-state index in [-0.39, 0.29) is 11.9 Å². The van der Waals surface area contributed by atoms with E-state index in [9.17, 15) is 4.79 Å². The molecule has 0 saturated heterocycles. The molecule has 2 aromatic rings. The minimum atomic E-state index is -0.262. The second-order valence-electron chi connectivity index (χ2n) is 5.33. The van der Waals surface area contributed by atoms with Crippen LogP contribution in [-0.4, -0.2) is 37.7 Å². The van der Waals surface area contributed by atoms with Crippen molar-refractivity contribution in [1.82, 2.24) is 25.2 Å². The summed E-state index contributed by atoms with van der Waals surface area (Å²) in [5, 5.41) is 12.5. The van der Waals surface area contributed by atoms with E-state index in [1.807, 2.05) is 33.8 Å². The molecule has 2 aromatic heterocycles. The van der Waals surface area contributed by atoms with Crippen molar-refractivity contribution in [2.24, 2.45) is 0 Å². The number of fused-ring (bicyclic) bond motifs is 1. The molecule has 1 aliphatic rings. The van der Waals surface area contributed by atoms with Crippen molar-refractivity contribution >= 4 is 17.5 Å². The minimum Gasteiger partial charge on any atom is -0.323 e. The Hall–Kier alpha value is -2.61. The maximum Gasteiger partial charge on any atom is 0.298 e. The topological polar surface area (TPSA) is 93.1 Å². The molecule has 8 heteroatoms. The third-order valence-electron chi connectivity index (χ3n) is 3.52. The zero-order chi connectivity index (χ0) is 16.6. The molecule has 0 fully saturated rings. The number of hydrogen-bond donors (Lipinski definition) is 1. The van der Waals surface area contributed by atoms with E-state index in [0.717, 1.165) is 11.3 Å². The summed E-state index contributed by atoms with van der Waals surface area (Å²) in [7, 11) is 0. The van der Waals surface area contributed by atoms with Gasteiger partial charge < -0.3 is 5.32 Å². The number of aryl methyl sites for hydroxylation is 2. The van der Waals surface area contributed by atoms with Crippen LogP contribution in [0.2, 0.25) is 0 Å². The molecule has 0 spiro atoms. The summed E-state index contributed by atoms with van der Waals surface area (Å²) in [4.78, 5) is 26.1. The van der Waals surface area contributed by atoms with Crippen molar-refractivity contribution in [3.63, 3.8) is 0 Å². The van der Waals surface area contributed by atoms with Gasteiger partial charge in [-0.2, -0.15) is 0 Å². The van der Waals surface area contributed by atoms with Gasteiger partial charge in [-0.05, 0) is 33.8 Å².